The molecule has 1 atom stereocenters. The molecule has 0 aromatic heterocycles. The molecule has 21 heavy (non-hydrogen) atoms. The van der Waals surface area contributed by atoms with Crippen molar-refractivity contribution in [3.05, 3.63) is 35.6 Å². The molecular weight excluding hydrogens is 291 g/mol. The van der Waals surface area contributed by atoms with Crippen LogP contribution >= 0.6 is 11.8 Å². The van der Waals surface area contributed by atoms with Crippen LogP contribution in [0, 0.1) is 5.82 Å². The summed E-state index contributed by atoms with van der Waals surface area (Å²) >= 11 is 1.38. The molecule has 1 aromatic rings. The van der Waals surface area contributed by atoms with Crippen molar-refractivity contribution in [2.75, 3.05) is 12.8 Å². The zero-order valence-electron chi connectivity index (χ0n) is 12.6. The molecule has 1 unspecified atom stereocenters. The van der Waals surface area contributed by atoms with Gasteiger partial charge < -0.3 is 4.74 Å². The van der Waals surface area contributed by atoms with E-state index in [9.17, 15) is 9.18 Å². The lowest BCUT2D eigenvalue weighted by atomic mass is 10.1. The molecule has 4 nitrogen and oxygen atoms in total. The topological polar surface area (TPSA) is 41.9 Å². The Balaban J connectivity index is 2.17. The number of halogens is 1. The quantitative estimate of drug-likeness (QED) is 0.791. The first-order chi connectivity index (χ1) is 9.80. The summed E-state index contributed by atoms with van der Waals surface area (Å²) < 4.78 is 18.7. The van der Waals surface area contributed by atoms with Gasteiger partial charge in [-0.15, -0.1) is 0 Å². The van der Waals surface area contributed by atoms with E-state index in [4.69, 9.17) is 4.74 Å². The van der Waals surface area contributed by atoms with Crippen molar-refractivity contribution in [1.29, 1.82) is 0 Å². The molecule has 1 aliphatic rings. The summed E-state index contributed by atoms with van der Waals surface area (Å²) in [4.78, 5) is 18.2. The molecule has 0 spiro atoms. The number of nitrogens with zero attached hydrogens (tertiary/aromatic N) is 2. The number of hydrogen-bond acceptors (Lipinski definition) is 4. The van der Waals surface area contributed by atoms with Crippen LogP contribution in [0.15, 0.2) is 29.3 Å². The van der Waals surface area contributed by atoms with Gasteiger partial charge in [-0.3, -0.25) is 9.89 Å². The number of benzene rings is 1. The smallest absolute Gasteiger partial charge is 0.416 e. The highest BCUT2D eigenvalue weighted by molar-refractivity contribution is 8.13. The van der Waals surface area contributed by atoms with Crippen LogP contribution in [0.4, 0.5) is 9.18 Å². The maximum Gasteiger partial charge on any atom is 0.416 e. The molecule has 0 aliphatic carbocycles. The van der Waals surface area contributed by atoms with Gasteiger partial charge in [-0.2, -0.15) is 0 Å². The van der Waals surface area contributed by atoms with E-state index in [1.165, 1.54) is 28.8 Å². The van der Waals surface area contributed by atoms with Gasteiger partial charge in [0.05, 0.1) is 12.6 Å². The summed E-state index contributed by atoms with van der Waals surface area (Å²) in [5.74, 6) is -0.302. The fourth-order valence-corrected chi connectivity index (χ4v) is 2.62. The zero-order valence-corrected chi connectivity index (χ0v) is 13.4. The molecule has 1 amide bonds. The lowest BCUT2D eigenvalue weighted by molar-refractivity contribution is 0.0381. The number of aliphatic imine (C=N–C) groups is 1. The number of ether oxygens (including phenoxy) is 1. The molecule has 1 heterocycles. The average Bonchev–Trinajstić information content (AvgIpc) is 2.81. The molecule has 2 rings (SSSR count). The van der Waals surface area contributed by atoms with Crippen molar-refractivity contribution in [2.24, 2.45) is 4.99 Å². The van der Waals surface area contributed by atoms with Crippen LogP contribution in [-0.2, 0) is 4.74 Å². The van der Waals surface area contributed by atoms with Gasteiger partial charge in [-0.1, -0.05) is 23.9 Å². The van der Waals surface area contributed by atoms with Crippen LogP contribution in [0.3, 0.4) is 0 Å². The number of hydrogen-bond donors (Lipinski definition) is 0. The molecule has 0 bridgehead atoms. The highest BCUT2D eigenvalue weighted by atomic mass is 32.2. The minimum absolute atomic E-state index is 0.254. The van der Waals surface area contributed by atoms with E-state index in [2.05, 4.69) is 4.99 Å². The van der Waals surface area contributed by atoms with Gasteiger partial charge in [0.2, 0.25) is 0 Å². The van der Waals surface area contributed by atoms with Crippen LogP contribution in [0.5, 0.6) is 0 Å². The Labute approximate surface area is 128 Å². The Kier molecular flexibility index (Phi) is 4.56. The Hall–Kier alpha value is -1.56. The third kappa shape index (κ3) is 3.97. The fourth-order valence-electron chi connectivity index (χ4n) is 2.02. The number of rotatable bonds is 1. The molecule has 0 saturated carbocycles. The minimum Gasteiger partial charge on any atom is -0.443 e. The summed E-state index contributed by atoms with van der Waals surface area (Å²) in [6.45, 7) is 5.83. The van der Waals surface area contributed by atoms with Gasteiger partial charge >= 0.3 is 6.09 Å². The monoisotopic (exact) mass is 310 g/mol. The van der Waals surface area contributed by atoms with Crippen LogP contribution in [0.2, 0.25) is 0 Å². The van der Waals surface area contributed by atoms with Crippen molar-refractivity contribution in [1.82, 2.24) is 4.90 Å². The standard InChI is InChI=1S/C15H19FN2O2S/c1-15(2,3)20-14(19)18-9-12(17-13(18)21-4)10-6-5-7-11(16)8-10/h5-8,12H,9H2,1-4H3. The lowest BCUT2D eigenvalue weighted by Gasteiger charge is -2.24. The van der Waals surface area contributed by atoms with Gasteiger partial charge in [-0.25, -0.2) is 9.18 Å². The number of thioether (sulfide) groups is 1. The maximum absolute atomic E-state index is 13.3. The van der Waals surface area contributed by atoms with Crippen LogP contribution in [-0.4, -0.2) is 34.6 Å². The molecule has 114 valence electrons. The van der Waals surface area contributed by atoms with Gasteiger partial charge in [0, 0.05) is 0 Å². The second-order valence-corrected chi connectivity index (χ2v) is 6.55. The molecule has 0 fully saturated rings. The summed E-state index contributed by atoms with van der Waals surface area (Å²) in [5, 5.41) is 0.596. The van der Waals surface area contributed by atoms with E-state index in [1.807, 2.05) is 33.1 Å². The third-order valence-electron chi connectivity index (χ3n) is 2.88. The second-order valence-electron chi connectivity index (χ2n) is 5.78. The summed E-state index contributed by atoms with van der Waals surface area (Å²) in [6.07, 6.45) is 1.43. The lowest BCUT2D eigenvalue weighted by Crippen LogP contribution is -2.38. The zero-order chi connectivity index (χ0) is 15.6. The van der Waals surface area contributed by atoms with E-state index < -0.39 is 11.7 Å². The largest absolute Gasteiger partial charge is 0.443 e. The number of carbonyl (C=O) groups is 1. The van der Waals surface area contributed by atoms with E-state index in [1.54, 1.807) is 6.07 Å². The second kappa shape index (κ2) is 6.05. The predicted octanol–water partition coefficient (Wildman–Crippen LogP) is 3.84. The maximum atomic E-state index is 13.3. The van der Waals surface area contributed by atoms with E-state index >= 15 is 0 Å². The van der Waals surface area contributed by atoms with Crippen molar-refractivity contribution < 1.29 is 13.9 Å². The molecule has 0 radical (unpaired) electrons. The molecule has 0 saturated heterocycles. The van der Waals surface area contributed by atoms with Crippen LogP contribution < -0.4 is 0 Å². The first-order valence-electron chi connectivity index (χ1n) is 6.68. The summed E-state index contributed by atoms with van der Waals surface area (Å²) in [6, 6.07) is 6.05. The van der Waals surface area contributed by atoms with E-state index in [-0.39, 0.29) is 11.9 Å². The third-order valence-corrected chi connectivity index (χ3v) is 3.57. The van der Waals surface area contributed by atoms with Crippen LogP contribution in [0.25, 0.3) is 0 Å². The normalized spacial score (nSPS) is 18.6. The Morgan fingerprint density at radius 2 is 2.19 bits per heavy atom. The van der Waals surface area contributed by atoms with Gasteiger partial charge in [0.25, 0.3) is 0 Å². The Bertz CT molecular complexity index is 569. The van der Waals surface area contributed by atoms with Gasteiger partial charge in [-0.05, 0) is 44.7 Å². The summed E-state index contributed by atoms with van der Waals surface area (Å²) in [5.41, 5.74) is 0.199. The Morgan fingerprint density at radius 3 is 2.76 bits per heavy atom. The van der Waals surface area contributed by atoms with Gasteiger partial charge in [0.15, 0.2) is 5.17 Å². The molecule has 1 aromatic carbocycles. The SMILES string of the molecule is CSC1=NC(c2cccc(F)c2)CN1C(=O)OC(C)(C)C. The van der Waals surface area contributed by atoms with Crippen molar-refractivity contribution >= 4 is 23.0 Å². The summed E-state index contributed by atoms with van der Waals surface area (Å²) in [7, 11) is 0. The fraction of sp³-hybridized carbons (Fsp3) is 0.467. The number of amidine groups is 1. The molecule has 0 N–H and O–H groups in total. The van der Waals surface area contributed by atoms with E-state index in [0.29, 0.717) is 11.7 Å². The van der Waals surface area contributed by atoms with Crippen molar-refractivity contribution in [2.45, 2.75) is 32.4 Å². The van der Waals surface area contributed by atoms with Gasteiger partial charge in [0.1, 0.15) is 11.4 Å². The van der Waals surface area contributed by atoms with Crippen molar-refractivity contribution in [3.8, 4) is 0 Å². The average molecular weight is 310 g/mol. The first-order valence-corrected chi connectivity index (χ1v) is 7.90. The van der Waals surface area contributed by atoms with E-state index in [0.717, 1.165) is 5.56 Å². The predicted molar refractivity (Wildman–Crippen MR) is 83.0 cm³/mol. The first kappa shape index (κ1) is 15.8. The number of amides is 1. The van der Waals surface area contributed by atoms with Crippen LogP contribution in [0.1, 0.15) is 32.4 Å². The van der Waals surface area contributed by atoms with Crippen molar-refractivity contribution in [3.63, 3.8) is 0 Å². The highest BCUT2D eigenvalue weighted by Crippen LogP contribution is 2.29. The minimum atomic E-state index is -0.558. The molecule has 1 aliphatic heterocycles. The highest BCUT2D eigenvalue weighted by Gasteiger charge is 2.33. The molecule has 6 heteroatoms. The Morgan fingerprint density at radius 1 is 1.48 bits per heavy atom. The number of carbonyl (C=O) groups excluding carboxylic acids is 1. The molecular formula is C15H19FN2O2S.